The molecular weight excluding hydrogens is 396 g/mol. The topological polar surface area (TPSA) is 76.9 Å². The normalized spacial score (nSPS) is 11.8. The maximum Gasteiger partial charge on any atom is 0.251 e. The molecule has 0 aliphatic carbocycles. The number of nitrogens with one attached hydrogen (secondary N) is 1. The zero-order chi connectivity index (χ0) is 20.1. The molecule has 1 heterocycles. The van der Waals surface area contributed by atoms with Crippen LogP contribution in [-0.4, -0.2) is 32.2 Å². The zero-order valence-corrected chi connectivity index (χ0v) is 17.0. The minimum Gasteiger partial charge on any atom is -0.342 e. The number of rotatable bonds is 7. The predicted octanol–water partition coefficient (Wildman–Crippen LogP) is 3.93. The Kier molecular flexibility index (Phi) is 6.49. The van der Waals surface area contributed by atoms with Gasteiger partial charge in [-0.25, -0.2) is 0 Å². The molecule has 1 atom stereocenters. The van der Waals surface area contributed by atoms with E-state index in [9.17, 15) is 9.59 Å². The van der Waals surface area contributed by atoms with Gasteiger partial charge in [0.05, 0.1) is 11.8 Å². The second-order valence-electron chi connectivity index (χ2n) is 6.18. The smallest absolute Gasteiger partial charge is 0.251 e. The number of halogens is 1. The van der Waals surface area contributed by atoms with Crippen LogP contribution in [-0.2, 0) is 7.05 Å². The summed E-state index contributed by atoms with van der Waals surface area (Å²) < 4.78 is 1.79. The Morgan fingerprint density at radius 2 is 1.75 bits per heavy atom. The van der Waals surface area contributed by atoms with E-state index in [-0.39, 0.29) is 23.5 Å². The lowest BCUT2D eigenvalue weighted by Crippen LogP contribution is -2.28. The molecule has 144 valence electrons. The van der Waals surface area contributed by atoms with Crippen LogP contribution >= 0.6 is 23.4 Å². The number of amides is 1. The van der Waals surface area contributed by atoms with Gasteiger partial charge in [-0.2, -0.15) is 0 Å². The molecule has 0 fully saturated rings. The molecule has 0 saturated carbocycles. The number of hydrogen-bond acceptors (Lipinski definition) is 5. The van der Waals surface area contributed by atoms with E-state index in [2.05, 4.69) is 15.5 Å². The van der Waals surface area contributed by atoms with Gasteiger partial charge in [-0.3, -0.25) is 9.59 Å². The van der Waals surface area contributed by atoms with Crippen LogP contribution in [0.5, 0.6) is 0 Å². The first-order chi connectivity index (χ1) is 13.5. The molecule has 3 rings (SSSR count). The molecule has 2 aromatic carbocycles. The summed E-state index contributed by atoms with van der Waals surface area (Å²) in [6, 6.07) is 15.4. The van der Waals surface area contributed by atoms with Crippen LogP contribution in [0, 0.1) is 0 Å². The van der Waals surface area contributed by atoms with E-state index >= 15 is 0 Å². The van der Waals surface area contributed by atoms with Crippen molar-refractivity contribution < 1.29 is 9.59 Å². The average molecular weight is 415 g/mol. The highest BCUT2D eigenvalue weighted by Crippen LogP contribution is 2.20. The Bertz CT molecular complexity index is 974. The van der Waals surface area contributed by atoms with Gasteiger partial charge in [0.1, 0.15) is 0 Å². The van der Waals surface area contributed by atoms with Gasteiger partial charge < -0.3 is 9.88 Å². The monoisotopic (exact) mass is 414 g/mol. The summed E-state index contributed by atoms with van der Waals surface area (Å²) in [7, 11) is 1.82. The van der Waals surface area contributed by atoms with Crippen molar-refractivity contribution >= 4 is 35.1 Å². The van der Waals surface area contributed by atoms with Gasteiger partial charge in [-0.05, 0) is 31.2 Å². The highest BCUT2D eigenvalue weighted by molar-refractivity contribution is 7.99. The molecule has 0 radical (unpaired) electrons. The van der Waals surface area contributed by atoms with Crippen LogP contribution in [0.4, 0.5) is 0 Å². The third-order valence-electron chi connectivity index (χ3n) is 4.14. The number of Topliss-reactive ketones (excluding diaryl/α,β-unsaturated/α-hetero) is 1. The molecule has 0 unspecified atom stereocenters. The number of hydrogen-bond donors (Lipinski definition) is 1. The molecule has 0 saturated heterocycles. The summed E-state index contributed by atoms with van der Waals surface area (Å²) >= 11 is 7.17. The second-order valence-corrected chi connectivity index (χ2v) is 7.56. The Balaban J connectivity index is 1.62. The van der Waals surface area contributed by atoms with Crippen molar-refractivity contribution in [3.05, 3.63) is 76.6 Å². The molecule has 1 N–H and O–H groups in total. The molecule has 0 aliphatic rings. The Morgan fingerprint density at radius 1 is 1.07 bits per heavy atom. The van der Waals surface area contributed by atoms with Gasteiger partial charge in [-0.15, -0.1) is 10.2 Å². The largest absolute Gasteiger partial charge is 0.342 e. The summed E-state index contributed by atoms with van der Waals surface area (Å²) in [6.45, 7) is 1.83. The SMILES string of the molecule is C[C@H](NC(=O)c1ccc(Cl)cc1)c1nnc(SCC(=O)c2ccccc2)n1C. The maximum absolute atomic E-state index is 12.4. The lowest BCUT2D eigenvalue weighted by molar-refractivity contribution is 0.0937. The molecule has 1 aromatic heterocycles. The first kappa shape index (κ1) is 20.1. The third kappa shape index (κ3) is 4.79. The lowest BCUT2D eigenvalue weighted by atomic mass is 10.2. The number of carbonyl (C=O) groups is 2. The van der Waals surface area contributed by atoms with E-state index in [1.807, 2.05) is 32.2 Å². The molecule has 8 heteroatoms. The van der Waals surface area contributed by atoms with Crippen molar-refractivity contribution in [1.82, 2.24) is 20.1 Å². The molecule has 28 heavy (non-hydrogen) atoms. The Morgan fingerprint density at radius 3 is 2.43 bits per heavy atom. The van der Waals surface area contributed by atoms with Gasteiger partial charge in [-0.1, -0.05) is 53.7 Å². The summed E-state index contributed by atoms with van der Waals surface area (Å²) in [4.78, 5) is 24.6. The van der Waals surface area contributed by atoms with Crippen molar-refractivity contribution in [2.75, 3.05) is 5.75 Å². The second kappa shape index (κ2) is 9.03. The van der Waals surface area contributed by atoms with E-state index in [4.69, 9.17) is 11.6 Å². The van der Waals surface area contributed by atoms with Crippen molar-refractivity contribution in [3.63, 3.8) is 0 Å². The number of thioether (sulfide) groups is 1. The number of nitrogens with zero attached hydrogens (tertiary/aromatic N) is 3. The van der Waals surface area contributed by atoms with Crippen LogP contribution < -0.4 is 5.32 Å². The number of ketones is 1. The summed E-state index contributed by atoms with van der Waals surface area (Å²) in [5, 5.41) is 12.4. The van der Waals surface area contributed by atoms with Crippen LogP contribution in [0.25, 0.3) is 0 Å². The highest BCUT2D eigenvalue weighted by Gasteiger charge is 2.19. The number of carbonyl (C=O) groups excluding carboxylic acids is 2. The van der Waals surface area contributed by atoms with Crippen molar-refractivity contribution in [2.24, 2.45) is 7.05 Å². The minimum atomic E-state index is -0.347. The fourth-order valence-corrected chi connectivity index (χ4v) is 3.55. The fraction of sp³-hybridized carbons (Fsp3) is 0.200. The van der Waals surface area contributed by atoms with Crippen molar-refractivity contribution in [2.45, 2.75) is 18.1 Å². The molecule has 6 nitrogen and oxygen atoms in total. The molecule has 0 bridgehead atoms. The average Bonchev–Trinajstić information content (AvgIpc) is 3.07. The van der Waals surface area contributed by atoms with E-state index in [0.29, 0.717) is 27.1 Å². The maximum atomic E-state index is 12.4. The van der Waals surface area contributed by atoms with E-state index < -0.39 is 0 Å². The third-order valence-corrected chi connectivity index (χ3v) is 5.41. The minimum absolute atomic E-state index is 0.0271. The van der Waals surface area contributed by atoms with Crippen LogP contribution in [0.2, 0.25) is 5.02 Å². The number of benzene rings is 2. The molecule has 3 aromatic rings. The summed E-state index contributed by atoms with van der Waals surface area (Å²) in [6.07, 6.45) is 0. The molecule has 0 spiro atoms. The predicted molar refractivity (Wildman–Crippen MR) is 110 cm³/mol. The molecule has 0 aliphatic heterocycles. The Labute approximate surface area is 172 Å². The van der Waals surface area contributed by atoms with Crippen molar-refractivity contribution in [3.8, 4) is 0 Å². The highest BCUT2D eigenvalue weighted by atomic mass is 35.5. The standard InChI is InChI=1S/C20H19ClN4O2S/c1-13(22-19(27)15-8-10-16(21)11-9-15)18-23-24-20(25(18)2)28-12-17(26)14-6-4-3-5-7-14/h3-11,13H,12H2,1-2H3,(H,22,27)/t13-/m0/s1. The van der Waals surface area contributed by atoms with Gasteiger partial charge in [0, 0.05) is 23.2 Å². The van der Waals surface area contributed by atoms with E-state index in [1.54, 1.807) is 41.0 Å². The quantitative estimate of drug-likeness (QED) is 0.468. The Hall–Kier alpha value is -2.64. The lowest BCUT2D eigenvalue weighted by Gasteiger charge is -2.13. The van der Waals surface area contributed by atoms with Gasteiger partial charge in [0.15, 0.2) is 16.8 Å². The van der Waals surface area contributed by atoms with E-state index in [1.165, 1.54) is 11.8 Å². The number of aromatic nitrogens is 3. The molecule has 1 amide bonds. The molecular formula is C20H19ClN4O2S. The van der Waals surface area contributed by atoms with Gasteiger partial charge in [0.25, 0.3) is 5.91 Å². The fourth-order valence-electron chi connectivity index (χ4n) is 2.61. The van der Waals surface area contributed by atoms with Gasteiger partial charge >= 0.3 is 0 Å². The summed E-state index contributed by atoms with van der Waals surface area (Å²) in [5.74, 6) is 0.679. The van der Waals surface area contributed by atoms with Gasteiger partial charge in [0.2, 0.25) is 0 Å². The summed E-state index contributed by atoms with van der Waals surface area (Å²) in [5.41, 5.74) is 1.18. The first-order valence-electron chi connectivity index (χ1n) is 8.62. The first-order valence-corrected chi connectivity index (χ1v) is 9.99. The van der Waals surface area contributed by atoms with Crippen LogP contribution in [0.15, 0.2) is 59.8 Å². The van der Waals surface area contributed by atoms with Crippen molar-refractivity contribution in [1.29, 1.82) is 0 Å². The van der Waals surface area contributed by atoms with Crippen LogP contribution in [0.1, 0.15) is 39.5 Å². The van der Waals surface area contributed by atoms with E-state index in [0.717, 1.165) is 0 Å². The zero-order valence-electron chi connectivity index (χ0n) is 15.4. The van der Waals surface area contributed by atoms with Crippen LogP contribution in [0.3, 0.4) is 0 Å².